The minimum absolute atomic E-state index is 0.0519. The highest BCUT2D eigenvalue weighted by molar-refractivity contribution is 7.13. The number of amides is 2. The standard InChI is InChI=1S/C24H29N3O2S/c1-15-2-4-19(5-3-15)23-25-20(14-30-23)9-21(28)26-27-22(29)13-24-10-16-6-17(11-24)8-18(7-16)12-24/h2-5,14,16-18H,6-13H2,1H3,(H,26,28)(H,27,29). The Kier molecular flexibility index (Phi) is 5.13. The average Bonchev–Trinajstić information content (AvgIpc) is 3.14. The summed E-state index contributed by atoms with van der Waals surface area (Å²) in [4.78, 5) is 29.4. The molecule has 4 saturated carbocycles. The second kappa shape index (κ2) is 7.80. The summed E-state index contributed by atoms with van der Waals surface area (Å²) in [5, 5.41) is 2.81. The molecule has 4 aliphatic rings. The van der Waals surface area contributed by atoms with Gasteiger partial charge in [-0.2, -0.15) is 0 Å². The normalized spacial score (nSPS) is 29.0. The van der Waals surface area contributed by atoms with Crippen LogP contribution < -0.4 is 10.9 Å². The molecule has 4 bridgehead atoms. The van der Waals surface area contributed by atoms with Crippen LogP contribution in [0.1, 0.15) is 56.2 Å². The Bertz CT molecular complexity index is 914. The maximum Gasteiger partial charge on any atom is 0.244 e. The fourth-order valence-electron chi connectivity index (χ4n) is 6.46. The first kappa shape index (κ1) is 19.7. The van der Waals surface area contributed by atoms with E-state index >= 15 is 0 Å². The topological polar surface area (TPSA) is 71.1 Å². The van der Waals surface area contributed by atoms with Crippen LogP contribution in [-0.2, 0) is 16.0 Å². The van der Waals surface area contributed by atoms with Gasteiger partial charge in [-0.15, -0.1) is 11.3 Å². The maximum atomic E-state index is 12.6. The van der Waals surface area contributed by atoms with Crippen LogP contribution in [0.15, 0.2) is 29.6 Å². The molecule has 2 amide bonds. The first-order chi connectivity index (χ1) is 14.5. The number of thiazole rings is 1. The van der Waals surface area contributed by atoms with Gasteiger partial charge in [-0.05, 0) is 68.6 Å². The Hall–Kier alpha value is -2.21. The Morgan fingerprint density at radius 2 is 1.60 bits per heavy atom. The number of hydrogen-bond acceptors (Lipinski definition) is 4. The highest BCUT2D eigenvalue weighted by atomic mass is 32.1. The van der Waals surface area contributed by atoms with Crippen LogP contribution in [0.25, 0.3) is 10.6 Å². The van der Waals surface area contributed by atoms with Crippen molar-refractivity contribution in [2.45, 2.75) is 58.3 Å². The third-order valence-electron chi connectivity index (χ3n) is 7.23. The lowest BCUT2D eigenvalue weighted by Crippen LogP contribution is -2.50. The van der Waals surface area contributed by atoms with Gasteiger partial charge in [-0.1, -0.05) is 29.8 Å². The van der Waals surface area contributed by atoms with Gasteiger partial charge in [0.15, 0.2) is 0 Å². The van der Waals surface area contributed by atoms with Gasteiger partial charge in [0.1, 0.15) is 5.01 Å². The summed E-state index contributed by atoms with van der Waals surface area (Å²) in [6.45, 7) is 2.05. The van der Waals surface area contributed by atoms with Gasteiger partial charge in [-0.25, -0.2) is 4.98 Å². The van der Waals surface area contributed by atoms with E-state index in [1.807, 2.05) is 17.5 Å². The molecule has 5 nitrogen and oxygen atoms in total. The summed E-state index contributed by atoms with van der Waals surface area (Å²) in [5.74, 6) is 2.20. The second-order valence-corrected chi connectivity index (χ2v) is 10.7. The van der Waals surface area contributed by atoms with Crippen molar-refractivity contribution in [1.29, 1.82) is 0 Å². The Balaban J connectivity index is 1.12. The molecule has 6 heteroatoms. The van der Waals surface area contributed by atoms with E-state index in [2.05, 4.69) is 34.9 Å². The molecular weight excluding hydrogens is 394 g/mol. The predicted octanol–water partition coefficient (Wildman–Crippen LogP) is 4.41. The number of hydrogen-bond donors (Lipinski definition) is 2. The lowest BCUT2D eigenvalue weighted by molar-refractivity contribution is -0.134. The fraction of sp³-hybridized carbons (Fsp3) is 0.542. The minimum atomic E-state index is -0.227. The van der Waals surface area contributed by atoms with Crippen LogP contribution in [0.4, 0.5) is 0 Å². The van der Waals surface area contributed by atoms with Gasteiger partial charge in [0, 0.05) is 17.4 Å². The van der Waals surface area contributed by atoms with Crippen molar-refractivity contribution < 1.29 is 9.59 Å². The molecule has 2 N–H and O–H groups in total. The summed E-state index contributed by atoms with van der Waals surface area (Å²) >= 11 is 1.53. The van der Waals surface area contributed by atoms with Gasteiger partial charge in [0.25, 0.3) is 0 Å². The van der Waals surface area contributed by atoms with E-state index in [1.165, 1.54) is 55.4 Å². The van der Waals surface area contributed by atoms with E-state index in [0.29, 0.717) is 6.42 Å². The third kappa shape index (κ3) is 4.15. The van der Waals surface area contributed by atoms with Crippen molar-refractivity contribution >= 4 is 23.2 Å². The molecule has 1 heterocycles. The van der Waals surface area contributed by atoms with Gasteiger partial charge in [0.05, 0.1) is 12.1 Å². The van der Waals surface area contributed by atoms with Gasteiger partial charge >= 0.3 is 0 Å². The third-order valence-corrected chi connectivity index (χ3v) is 8.17. The molecule has 0 spiro atoms. The Morgan fingerprint density at radius 3 is 2.23 bits per heavy atom. The van der Waals surface area contributed by atoms with Gasteiger partial charge < -0.3 is 0 Å². The van der Waals surface area contributed by atoms with Crippen molar-refractivity contribution in [3.63, 3.8) is 0 Å². The zero-order chi connectivity index (χ0) is 20.7. The van der Waals surface area contributed by atoms with Crippen molar-refractivity contribution in [3.8, 4) is 10.6 Å². The van der Waals surface area contributed by atoms with Crippen LogP contribution in [0.2, 0.25) is 0 Å². The molecule has 0 unspecified atom stereocenters. The van der Waals surface area contributed by atoms with E-state index in [4.69, 9.17) is 0 Å². The molecule has 0 radical (unpaired) electrons. The monoisotopic (exact) mass is 423 g/mol. The molecule has 4 aliphatic carbocycles. The number of aromatic nitrogens is 1. The summed E-state index contributed by atoms with van der Waals surface area (Å²) < 4.78 is 0. The van der Waals surface area contributed by atoms with E-state index in [9.17, 15) is 9.59 Å². The highest BCUT2D eigenvalue weighted by Crippen LogP contribution is 2.61. The summed E-state index contributed by atoms with van der Waals surface area (Å²) in [7, 11) is 0. The van der Waals surface area contributed by atoms with E-state index < -0.39 is 0 Å². The SMILES string of the molecule is Cc1ccc(-c2nc(CC(=O)NNC(=O)CC34CC5CC(CC(C5)C3)C4)cs2)cc1. The summed E-state index contributed by atoms with van der Waals surface area (Å²) in [5.41, 5.74) is 8.43. The number of carbonyl (C=O) groups excluding carboxylic acids is 2. The first-order valence-electron chi connectivity index (χ1n) is 11.1. The molecule has 1 aromatic heterocycles. The van der Waals surface area contributed by atoms with Crippen LogP contribution >= 0.6 is 11.3 Å². The number of nitrogens with zero attached hydrogens (tertiary/aromatic N) is 1. The predicted molar refractivity (Wildman–Crippen MR) is 117 cm³/mol. The van der Waals surface area contributed by atoms with E-state index in [-0.39, 0.29) is 23.7 Å². The zero-order valence-electron chi connectivity index (χ0n) is 17.4. The molecule has 0 aliphatic heterocycles. The van der Waals surface area contributed by atoms with Crippen LogP contribution in [0.3, 0.4) is 0 Å². The maximum absolute atomic E-state index is 12.6. The molecular formula is C24H29N3O2S. The van der Waals surface area contributed by atoms with Crippen molar-refractivity contribution in [1.82, 2.24) is 15.8 Å². The Labute approximate surface area is 181 Å². The number of rotatable bonds is 5. The van der Waals surface area contributed by atoms with Crippen molar-refractivity contribution in [3.05, 3.63) is 40.9 Å². The fourth-order valence-corrected chi connectivity index (χ4v) is 7.28. The number of aryl methyl sites for hydroxylation is 1. The molecule has 0 saturated heterocycles. The highest BCUT2D eigenvalue weighted by Gasteiger charge is 2.51. The van der Waals surface area contributed by atoms with Crippen LogP contribution in [0, 0.1) is 30.1 Å². The lowest BCUT2D eigenvalue weighted by atomic mass is 9.49. The smallest absolute Gasteiger partial charge is 0.244 e. The molecule has 2 aromatic rings. The molecule has 1 aromatic carbocycles. The number of carbonyl (C=O) groups is 2. The number of benzene rings is 1. The largest absolute Gasteiger partial charge is 0.273 e. The molecule has 6 rings (SSSR count). The quantitative estimate of drug-likeness (QED) is 0.700. The molecule has 0 atom stereocenters. The first-order valence-corrected chi connectivity index (χ1v) is 11.9. The average molecular weight is 424 g/mol. The molecule has 30 heavy (non-hydrogen) atoms. The summed E-state index contributed by atoms with van der Waals surface area (Å²) in [6.07, 6.45) is 8.41. The van der Waals surface area contributed by atoms with E-state index in [0.717, 1.165) is 34.0 Å². The number of hydrazine groups is 1. The van der Waals surface area contributed by atoms with Crippen LogP contribution in [-0.4, -0.2) is 16.8 Å². The van der Waals surface area contributed by atoms with Crippen molar-refractivity contribution in [2.24, 2.45) is 23.2 Å². The molecule has 158 valence electrons. The second-order valence-electron chi connectivity index (χ2n) is 9.88. The lowest BCUT2D eigenvalue weighted by Gasteiger charge is -2.56. The zero-order valence-corrected chi connectivity index (χ0v) is 18.3. The molecule has 4 fully saturated rings. The van der Waals surface area contributed by atoms with E-state index in [1.54, 1.807) is 0 Å². The summed E-state index contributed by atoms with van der Waals surface area (Å²) in [6, 6.07) is 8.20. The van der Waals surface area contributed by atoms with Gasteiger partial charge in [-0.3, -0.25) is 20.4 Å². The number of nitrogens with one attached hydrogen (secondary N) is 2. The minimum Gasteiger partial charge on any atom is -0.273 e. The Morgan fingerprint density at radius 1 is 1.00 bits per heavy atom. The van der Waals surface area contributed by atoms with Gasteiger partial charge in [0.2, 0.25) is 11.8 Å². The van der Waals surface area contributed by atoms with Crippen molar-refractivity contribution in [2.75, 3.05) is 0 Å². The van der Waals surface area contributed by atoms with Crippen LogP contribution in [0.5, 0.6) is 0 Å².